The number of hydrogen-bond acceptors (Lipinski definition) is 4. The number of hydrogen-bond donors (Lipinski definition) is 2. The van der Waals surface area contributed by atoms with E-state index in [2.05, 4.69) is 15.3 Å². The first-order valence-corrected chi connectivity index (χ1v) is 4.99. The van der Waals surface area contributed by atoms with Crippen LogP contribution in [0.15, 0.2) is 30.5 Å². The van der Waals surface area contributed by atoms with Crippen molar-refractivity contribution >= 4 is 22.8 Å². The summed E-state index contributed by atoms with van der Waals surface area (Å²) in [6.07, 6.45) is 1.93. The monoisotopic (exact) mass is 216 g/mol. The molecule has 82 valence electrons. The Labute approximate surface area is 92.7 Å². The Morgan fingerprint density at radius 2 is 2.06 bits per heavy atom. The number of para-hydroxylation sites is 2. The molecule has 0 fully saturated rings. The Morgan fingerprint density at radius 1 is 1.31 bits per heavy atom. The minimum absolute atomic E-state index is 0.286. The third-order valence-corrected chi connectivity index (χ3v) is 2.13. The van der Waals surface area contributed by atoms with Crippen molar-refractivity contribution in [2.24, 2.45) is 5.73 Å². The first-order valence-electron chi connectivity index (χ1n) is 4.99. The molecule has 2 aromatic rings. The van der Waals surface area contributed by atoms with Crippen LogP contribution in [-0.2, 0) is 4.79 Å². The number of carbonyl (C=O) groups excluding carboxylic acids is 1. The van der Waals surface area contributed by atoms with Crippen LogP contribution in [0.1, 0.15) is 6.42 Å². The summed E-state index contributed by atoms with van der Waals surface area (Å²) in [5.41, 5.74) is 6.71. The molecule has 2 rings (SSSR count). The Bertz CT molecular complexity index is 512. The van der Waals surface area contributed by atoms with Crippen LogP contribution < -0.4 is 11.1 Å². The van der Waals surface area contributed by atoms with E-state index in [1.807, 2.05) is 24.3 Å². The summed E-state index contributed by atoms with van der Waals surface area (Å²) in [5, 5.41) is 2.99. The molecule has 1 aromatic heterocycles. The number of carbonyl (C=O) groups is 1. The van der Waals surface area contributed by atoms with Gasteiger partial charge in [0, 0.05) is 13.0 Å². The number of benzene rings is 1. The van der Waals surface area contributed by atoms with E-state index in [1.165, 1.54) is 0 Å². The molecule has 0 aliphatic rings. The molecular weight excluding hydrogens is 204 g/mol. The Hall–Kier alpha value is -2.17. The van der Waals surface area contributed by atoms with Crippen LogP contribution in [0.3, 0.4) is 0 Å². The van der Waals surface area contributed by atoms with Gasteiger partial charge in [0.15, 0.2) is 0 Å². The van der Waals surface area contributed by atoms with Gasteiger partial charge in [-0.25, -0.2) is 4.98 Å². The van der Waals surface area contributed by atoms with Crippen molar-refractivity contribution in [1.29, 1.82) is 0 Å². The fourth-order valence-electron chi connectivity index (χ4n) is 1.36. The van der Waals surface area contributed by atoms with Gasteiger partial charge in [0.05, 0.1) is 17.2 Å². The third-order valence-electron chi connectivity index (χ3n) is 2.13. The molecule has 0 saturated heterocycles. The molecule has 0 radical (unpaired) electrons. The molecule has 0 bridgehead atoms. The van der Waals surface area contributed by atoms with Crippen molar-refractivity contribution in [2.75, 3.05) is 11.9 Å². The second-order valence-corrected chi connectivity index (χ2v) is 3.39. The molecule has 1 aromatic carbocycles. The standard InChI is InChI=1S/C11H12N4O/c12-10(16)5-6-13-11-7-14-8-3-1-2-4-9(8)15-11/h1-4,7H,5-6H2,(H2,12,16)(H,13,15). The van der Waals surface area contributed by atoms with Gasteiger partial charge >= 0.3 is 0 Å². The van der Waals surface area contributed by atoms with Crippen LogP contribution in [0.25, 0.3) is 11.0 Å². The van der Waals surface area contributed by atoms with Crippen molar-refractivity contribution in [3.63, 3.8) is 0 Å². The average Bonchev–Trinajstić information content (AvgIpc) is 2.28. The highest BCUT2D eigenvalue weighted by molar-refractivity contribution is 5.76. The van der Waals surface area contributed by atoms with E-state index >= 15 is 0 Å². The van der Waals surface area contributed by atoms with Crippen LogP contribution in [0.2, 0.25) is 0 Å². The van der Waals surface area contributed by atoms with E-state index in [9.17, 15) is 4.79 Å². The van der Waals surface area contributed by atoms with Gasteiger partial charge in [0.2, 0.25) is 5.91 Å². The van der Waals surface area contributed by atoms with E-state index in [0.29, 0.717) is 12.4 Å². The Balaban J connectivity index is 2.10. The second-order valence-electron chi connectivity index (χ2n) is 3.39. The smallest absolute Gasteiger partial charge is 0.219 e. The minimum atomic E-state index is -0.332. The van der Waals surface area contributed by atoms with Gasteiger partial charge < -0.3 is 11.1 Å². The number of aromatic nitrogens is 2. The zero-order valence-electron chi connectivity index (χ0n) is 8.68. The predicted molar refractivity (Wildman–Crippen MR) is 61.8 cm³/mol. The van der Waals surface area contributed by atoms with Crippen molar-refractivity contribution in [3.05, 3.63) is 30.5 Å². The van der Waals surface area contributed by atoms with Gasteiger partial charge in [0.25, 0.3) is 0 Å². The summed E-state index contributed by atoms with van der Waals surface area (Å²) in [7, 11) is 0. The third kappa shape index (κ3) is 2.44. The maximum atomic E-state index is 10.5. The second kappa shape index (κ2) is 4.57. The van der Waals surface area contributed by atoms with Crippen molar-refractivity contribution in [2.45, 2.75) is 6.42 Å². The number of nitrogens with zero attached hydrogens (tertiary/aromatic N) is 2. The highest BCUT2D eigenvalue weighted by atomic mass is 16.1. The lowest BCUT2D eigenvalue weighted by Crippen LogP contribution is -2.16. The molecule has 5 heteroatoms. The van der Waals surface area contributed by atoms with Gasteiger partial charge in [-0.1, -0.05) is 12.1 Å². The first-order chi connectivity index (χ1) is 7.75. The molecule has 1 amide bonds. The van der Waals surface area contributed by atoms with Crippen LogP contribution >= 0.6 is 0 Å². The number of nitrogens with one attached hydrogen (secondary N) is 1. The Morgan fingerprint density at radius 3 is 2.81 bits per heavy atom. The molecule has 0 aliphatic heterocycles. The van der Waals surface area contributed by atoms with Gasteiger partial charge in [-0.2, -0.15) is 0 Å². The number of anilines is 1. The summed E-state index contributed by atoms with van der Waals surface area (Å²) >= 11 is 0. The van der Waals surface area contributed by atoms with Crippen molar-refractivity contribution in [1.82, 2.24) is 9.97 Å². The molecule has 5 nitrogen and oxygen atoms in total. The summed E-state index contributed by atoms with van der Waals surface area (Å²) in [6, 6.07) is 7.61. The number of rotatable bonds is 4. The lowest BCUT2D eigenvalue weighted by atomic mass is 10.3. The fraction of sp³-hybridized carbons (Fsp3) is 0.182. The van der Waals surface area contributed by atoms with E-state index < -0.39 is 0 Å². The highest BCUT2D eigenvalue weighted by Crippen LogP contribution is 2.10. The zero-order valence-corrected chi connectivity index (χ0v) is 8.68. The van der Waals surface area contributed by atoms with E-state index in [0.717, 1.165) is 11.0 Å². The number of nitrogens with two attached hydrogens (primary N) is 1. The normalized spacial score (nSPS) is 10.2. The zero-order chi connectivity index (χ0) is 11.4. The average molecular weight is 216 g/mol. The van der Waals surface area contributed by atoms with E-state index in [4.69, 9.17) is 5.73 Å². The number of amides is 1. The molecule has 0 atom stereocenters. The molecule has 0 unspecified atom stereocenters. The lowest BCUT2D eigenvalue weighted by molar-refractivity contribution is -0.117. The molecule has 3 N–H and O–H groups in total. The highest BCUT2D eigenvalue weighted by Gasteiger charge is 1.99. The summed E-state index contributed by atoms with van der Waals surface area (Å²) in [6.45, 7) is 0.475. The molecule has 0 spiro atoms. The molecule has 1 heterocycles. The van der Waals surface area contributed by atoms with E-state index in [1.54, 1.807) is 6.20 Å². The summed E-state index contributed by atoms with van der Waals surface area (Å²) in [4.78, 5) is 19.1. The van der Waals surface area contributed by atoms with Crippen LogP contribution in [-0.4, -0.2) is 22.4 Å². The number of fused-ring (bicyclic) bond motifs is 1. The minimum Gasteiger partial charge on any atom is -0.370 e. The van der Waals surface area contributed by atoms with E-state index in [-0.39, 0.29) is 12.3 Å². The number of primary amides is 1. The largest absolute Gasteiger partial charge is 0.370 e. The molecule has 0 saturated carbocycles. The predicted octanol–water partition coefficient (Wildman–Crippen LogP) is 0.917. The molecular formula is C11H12N4O. The Kier molecular flexibility index (Phi) is 2.95. The fourth-order valence-corrected chi connectivity index (χ4v) is 1.36. The SMILES string of the molecule is NC(=O)CCNc1cnc2ccccc2n1. The topological polar surface area (TPSA) is 80.9 Å². The van der Waals surface area contributed by atoms with Crippen LogP contribution in [0.4, 0.5) is 5.82 Å². The molecule has 0 aliphatic carbocycles. The maximum absolute atomic E-state index is 10.5. The quantitative estimate of drug-likeness (QED) is 0.796. The van der Waals surface area contributed by atoms with Gasteiger partial charge in [-0.15, -0.1) is 0 Å². The maximum Gasteiger partial charge on any atom is 0.219 e. The van der Waals surface area contributed by atoms with Crippen molar-refractivity contribution in [3.8, 4) is 0 Å². The van der Waals surface area contributed by atoms with Crippen LogP contribution in [0, 0.1) is 0 Å². The first kappa shape index (κ1) is 10.4. The van der Waals surface area contributed by atoms with Gasteiger partial charge in [-0.3, -0.25) is 9.78 Å². The lowest BCUT2D eigenvalue weighted by Gasteiger charge is -2.04. The van der Waals surface area contributed by atoms with Gasteiger partial charge in [0.1, 0.15) is 5.82 Å². The van der Waals surface area contributed by atoms with Crippen LogP contribution in [0.5, 0.6) is 0 Å². The summed E-state index contributed by atoms with van der Waals surface area (Å²) in [5.74, 6) is 0.321. The van der Waals surface area contributed by atoms with Gasteiger partial charge in [-0.05, 0) is 12.1 Å². The molecule has 16 heavy (non-hydrogen) atoms. The summed E-state index contributed by atoms with van der Waals surface area (Å²) < 4.78 is 0. The van der Waals surface area contributed by atoms with Crippen molar-refractivity contribution < 1.29 is 4.79 Å².